The second-order valence-electron chi connectivity index (χ2n) is 7.93. The highest BCUT2D eigenvalue weighted by Crippen LogP contribution is 2.37. The topological polar surface area (TPSA) is 71.3 Å². The van der Waals surface area contributed by atoms with Crippen molar-refractivity contribution in [3.8, 4) is 11.4 Å². The van der Waals surface area contributed by atoms with Crippen LogP contribution in [0.4, 0.5) is 4.79 Å². The molecule has 1 atom stereocenters. The Labute approximate surface area is 206 Å². The first kappa shape index (κ1) is 22.2. The smallest absolute Gasteiger partial charge is 0.322 e. The van der Waals surface area contributed by atoms with E-state index in [4.69, 9.17) is 27.7 Å². The van der Waals surface area contributed by atoms with Crippen LogP contribution in [0.5, 0.6) is 0 Å². The summed E-state index contributed by atoms with van der Waals surface area (Å²) in [7, 11) is 0. The highest BCUT2D eigenvalue weighted by atomic mass is 35.5. The third kappa shape index (κ3) is 4.42. The van der Waals surface area contributed by atoms with E-state index in [1.165, 1.54) is 0 Å². The summed E-state index contributed by atoms with van der Waals surface area (Å²) in [6.45, 7) is 2.27. The molecule has 8 heteroatoms. The normalized spacial score (nSPS) is 16.0. The van der Waals surface area contributed by atoms with Crippen molar-refractivity contribution in [2.24, 2.45) is 0 Å². The van der Waals surface area contributed by atoms with E-state index in [-0.39, 0.29) is 6.03 Å². The van der Waals surface area contributed by atoms with Gasteiger partial charge in [-0.2, -0.15) is 4.98 Å². The number of aromatic nitrogens is 2. The first-order chi connectivity index (χ1) is 16.5. The van der Waals surface area contributed by atoms with Gasteiger partial charge in [0, 0.05) is 21.3 Å². The first-order valence-corrected chi connectivity index (χ1v) is 11.4. The Morgan fingerprint density at radius 2 is 1.59 bits per heavy atom. The molecule has 0 radical (unpaired) electrons. The predicted molar refractivity (Wildman–Crippen MR) is 132 cm³/mol. The minimum atomic E-state index is -0.436. The fraction of sp³-hybridized carbons (Fsp3) is 0.115. The van der Waals surface area contributed by atoms with E-state index in [1.807, 2.05) is 73.7 Å². The van der Waals surface area contributed by atoms with Crippen LogP contribution in [0.15, 0.2) is 89.1 Å². The van der Waals surface area contributed by atoms with Gasteiger partial charge in [-0.3, -0.25) is 4.90 Å². The molecule has 0 fully saturated rings. The van der Waals surface area contributed by atoms with Crippen molar-refractivity contribution < 1.29 is 9.32 Å². The molecule has 2 amide bonds. The van der Waals surface area contributed by atoms with E-state index in [0.717, 1.165) is 28.0 Å². The average Bonchev–Trinajstić information content (AvgIpc) is 3.33. The van der Waals surface area contributed by atoms with Crippen LogP contribution in [-0.2, 0) is 6.54 Å². The van der Waals surface area contributed by atoms with Gasteiger partial charge in [0.2, 0.25) is 5.82 Å². The summed E-state index contributed by atoms with van der Waals surface area (Å²) in [6.07, 6.45) is 0. The summed E-state index contributed by atoms with van der Waals surface area (Å²) in [4.78, 5) is 19.5. The Bertz CT molecular complexity index is 1350. The molecule has 2 heterocycles. The molecular formula is C26H20Cl2N4O2. The average molecular weight is 491 g/mol. The third-order valence-corrected chi connectivity index (χ3v) is 6.25. The van der Waals surface area contributed by atoms with Crippen LogP contribution in [0.2, 0.25) is 10.0 Å². The summed E-state index contributed by atoms with van der Waals surface area (Å²) < 4.78 is 5.71. The second kappa shape index (κ2) is 9.33. The first-order valence-electron chi connectivity index (χ1n) is 10.7. The standard InChI is InChI=1S/C26H20Cl2N4O2/c1-16-22(25-30-24(31-34-25)19-9-13-21(28)14-10-19)23(18-5-3-2-4-6-18)29-26(33)32(16)15-17-7-11-20(27)12-8-17/h2-14,23H,15H2,1H3,(H,29,33). The lowest BCUT2D eigenvalue weighted by atomic mass is 9.94. The lowest BCUT2D eigenvalue weighted by Crippen LogP contribution is -2.45. The number of hydrogen-bond acceptors (Lipinski definition) is 4. The SMILES string of the molecule is CC1=C(c2nc(-c3ccc(Cl)cc3)no2)C(c2ccccc2)NC(=O)N1Cc1ccc(Cl)cc1. The highest BCUT2D eigenvalue weighted by molar-refractivity contribution is 6.30. The van der Waals surface area contributed by atoms with Crippen molar-refractivity contribution in [1.29, 1.82) is 0 Å². The Balaban J connectivity index is 1.58. The molecule has 1 aromatic heterocycles. The Kier molecular flexibility index (Phi) is 6.09. The number of nitrogens with one attached hydrogen (secondary N) is 1. The predicted octanol–water partition coefficient (Wildman–Crippen LogP) is 6.74. The molecule has 1 aliphatic rings. The van der Waals surface area contributed by atoms with Gasteiger partial charge in [0.15, 0.2) is 0 Å². The van der Waals surface area contributed by atoms with Gasteiger partial charge in [0.25, 0.3) is 5.89 Å². The fourth-order valence-corrected chi connectivity index (χ4v) is 4.22. The van der Waals surface area contributed by atoms with Gasteiger partial charge in [0.1, 0.15) is 0 Å². The number of urea groups is 1. The van der Waals surface area contributed by atoms with Crippen LogP contribution in [0, 0.1) is 0 Å². The molecule has 34 heavy (non-hydrogen) atoms. The van der Waals surface area contributed by atoms with Crippen LogP contribution in [0.1, 0.15) is 30.0 Å². The number of rotatable bonds is 5. The summed E-state index contributed by atoms with van der Waals surface area (Å²) in [5.41, 5.74) is 4.13. The monoisotopic (exact) mass is 490 g/mol. The summed E-state index contributed by atoms with van der Waals surface area (Å²) in [5, 5.41) is 8.56. The molecule has 1 N–H and O–H groups in total. The van der Waals surface area contributed by atoms with Crippen molar-refractivity contribution >= 4 is 34.8 Å². The number of carbonyl (C=O) groups excluding carboxylic acids is 1. The van der Waals surface area contributed by atoms with Crippen molar-refractivity contribution in [2.45, 2.75) is 19.5 Å². The minimum Gasteiger partial charge on any atom is -0.334 e. The molecule has 5 rings (SSSR count). The molecule has 1 unspecified atom stereocenters. The summed E-state index contributed by atoms with van der Waals surface area (Å²) in [5.74, 6) is 0.789. The van der Waals surface area contributed by atoms with Crippen LogP contribution < -0.4 is 5.32 Å². The molecule has 1 aliphatic heterocycles. The number of amides is 2. The fourth-order valence-electron chi connectivity index (χ4n) is 3.97. The van der Waals surface area contributed by atoms with Gasteiger partial charge < -0.3 is 9.84 Å². The number of allylic oxidation sites excluding steroid dienone is 1. The zero-order chi connectivity index (χ0) is 23.7. The lowest BCUT2D eigenvalue weighted by Gasteiger charge is -2.35. The molecule has 0 bridgehead atoms. The molecule has 0 saturated carbocycles. The number of halogens is 2. The van der Waals surface area contributed by atoms with E-state index < -0.39 is 6.04 Å². The molecule has 170 valence electrons. The van der Waals surface area contributed by atoms with Crippen molar-refractivity contribution in [1.82, 2.24) is 20.4 Å². The molecule has 6 nitrogen and oxygen atoms in total. The second-order valence-corrected chi connectivity index (χ2v) is 8.81. The zero-order valence-electron chi connectivity index (χ0n) is 18.2. The zero-order valence-corrected chi connectivity index (χ0v) is 19.7. The van der Waals surface area contributed by atoms with E-state index in [9.17, 15) is 4.79 Å². The van der Waals surface area contributed by atoms with Crippen LogP contribution in [0.3, 0.4) is 0 Å². The number of hydrogen-bond donors (Lipinski definition) is 1. The summed E-state index contributed by atoms with van der Waals surface area (Å²) >= 11 is 12.0. The molecule has 0 saturated heterocycles. The van der Waals surface area contributed by atoms with Crippen molar-refractivity contribution in [2.75, 3.05) is 0 Å². The third-order valence-electron chi connectivity index (χ3n) is 5.74. The van der Waals surface area contributed by atoms with E-state index >= 15 is 0 Å². The largest absolute Gasteiger partial charge is 0.334 e. The van der Waals surface area contributed by atoms with Gasteiger partial charge in [-0.15, -0.1) is 0 Å². The molecule has 3 aromatic carbocycles. The maximum Gasteiger partial charge on any atom is 0.322 e. The Morgan fingerprint density at radius 1 is 0.941 bits per heavy atom. The van der Waals surface area contributed by atoms with E-state index in [0.29, 0.717) is 28.3 Å². The van der Waals surface area contributed by atoms with Gasteiger partial charge in [-0.1, -0.05) is 70.8 Å². The lowest BCUT2D eigenvalue weighted by molar-refractivity contribution is 0.203. The maximum absolute atomic E-state index is 13.2. The Hall–Kier alpha value is -3.61. The number of carbonyl (C=O) groups is 1. The summed E-state index contributed by atoms with van der Waals surface area (Å²) in [6, 6.07) is 23.7. The maximum atomic E-state index is 13.2. The number of nitrogens with zero attached hydrogens (tertiary/aromatic N) is 3. The molecule has 0 spiro atoms. The van der Waals surface area contributed by atoms with Crippen LogP contribution >= 0.6 is 23.2 Å². The molecule has 0 aliphatic carbocycles. The van der Waals surface area contributed by atoms with E-state index in [2.05, 4.69) is 15.5 Å². The molecule has 4 aromatic rings. The van der Waals surface area contributed by atoms with Gasteiger partial charge >= 0.3 is 6.03 Å². The van der Waals surface area contributed by atoms with Gasteiger partial charge in [-0.05, 0) is 54.4 Å². The quantitative estimate of drug-likeness (QED) is 0.336. The minimum absolute atomic E-state index is 0.206. The highest BCUT2D eigenvalue weighted by Gasteiger charge is 2.35. The van der Waals surface area contributed by atoms with Crippen molar-refractivity contribution in [3.63, 3.8) is 0 Å². The number of benzene rings is 3. The Morgan fingerprint density at radius 3 is 2.26 bits per heavy atom. The van der Waals surface area contributed by atoms with Crippen LogP contribution in [-0.4, -0.2) is 21.1 Å². The van der Waals surface area contributed by atoms with Gasteiger partial charge in [-0.25, -0.2) is 4.79 Å². The van der Waals surface area contributed by atoms with E-state index in [1.54, 1.807) is 17.0 Å². The van der Waals surface area contributed by atoms with Crippen molar-refractivity contribution in [3.05, 3.63) is 112 Å². The van der Waals surface area contributed by atoms with Crippen LogP contribution in [0.25, 0.3) is 17.0 Å². The molecular weight excluding hydrogens is 471 g/mol. The van der Waals surface area contributed by atoms with Gasteiger partial charge in [0.05, 0.1) is 18.2 Å².